The summed E-state index contributed by atoms with van der Waals surface area (Å²) in [5.41, 5.74) is 7.83. The molecule has 0 amide bonds. The van der Waals surface area contributed by atoms with E-state index in [1.807, 2.05) is 42.5 Å². The summed E-state index contributed by atoms with van der Waals surface area (Å²) in [5, 5.41) is 3.67. The van der Waals surface area contributed by atoms with Crippen molar-refractivity contribution in [1.82, 2.24) is 15.0 Å². The van der Waals surface area contributed by atoms with E-state index >= 15 is 0 Å². The predicted octanol–water partition coefficient (Wildman–Crippen LogP) is 4.27. The zero-order valence-corrected chi connectivity index (χ0v) is 15.0. The Labute approximate surface area is 153 Å². The fourth-order valence-electron chi connectivity index (χ4n) is 2.32. The molecule has 3 rings (SSSR count). The minimum absolute atomic E-state index is 0.0557. The molecule has 2 aromatic heterocycles. The smallest absolute Gasteiger partial charge is 0.150 e. The van der Waals surface area contributed by atoms with Crippen molar-refractivity contribution in [2.75, 3.05) is 11.1 Å². The van der Waals surface area contributed by atoms with Gasteiger partial charge in [0, 0.05) is 22.8 Å². The van der Waals surface area contributed by atoms with Gasteiger partial charge in [-0.3, -0.25) is 4.98 Å². The number of nitrogens with one attached hydrogen (secondary N) is 1. The van der Waals surface area contributed by atoms with E-state index in [-0.39, 0.29) is 11.9 Å². The number of pyridine rings is 1. The minimum atomic E-state index is -0.0557. The molecular formula is C17H15BrClN5. The zero-order chi connectivity index (χ0) is 16.9. The van der Waals surface area contributed by atoms with Crippen LogP contribution < -0.4 is 11.1 Å². The highest BCUT2D eigenvalue weighted by Gasteiger charge is 2.16. The molecule has 1 atom stereocenters. The van der Waals surface area contributed by atoms with Crippen molar-refractivity contribution in [3.05, 3.63) is 75.7 Å². The first-order valence-corrected chi connectivity index (χ1v) is 8.48. The second-order valence-electron chi connectivity index (χ2n) is 5.20. The van der Waals surface area contributed by atoms with Gasteiger partial charge in [-0.25, -0.2) is 9.97 Å². The Kier molecular flexibility index (Phi) is 5.27. The highest BCUT2D eigenvalue weighted by molar-refractivity contribution is 9.10. The van der Waals surface area contributed by atoms with Gasteiger partial charge in [-0.15, -0.1) is 0 Å². The summed E-state index contributed by atoms with van der Waals surface area (Å²) in [5.74, 6) is 0.759. The summed E-state index contributed by atoms with van der Waals surface area (Å²) in [6.45, 7) is 0. The van der Waals surface area contributed by atoms with Gasteiger partial charge in [-0.2, -0.15) is 0 Å². The van der Waals surface area contributed by atoms with Crippen molar-refractivity contribution in [1.29, 1.82) is 0 Å². The number of hydrogen-bond acceptors (Lipinski definition) is 5. The van der Waals surface area contributed by atoms with E-state index in [1.165, 1.54) is 6.33 Å². The minimum Gasteiger partial charge on any atom is -0.382 e. The van der Waals surface area contributed by atoms with Gasteiger partial charge in [0.15, 0.2) is 5.82 Å². The monoisotopic (exact) mass is 403 g/mol. The van der Waals surface area contributed by atoms with E-state index in [0.29, 0.717) is 17.3 Å². The molecule has 0 saturated heterocycles. The lowest BCUT2D eigenvalue weighted by Gasteiger charge is -2.20. The standard InChI is InChI=1S/C17H15BrClN5/c18-12-6-4-11(5-7-12)14(9-13-3-1-2-8-21-13)24-17-15(19)16(20)22-10-23-17/h1-8,10,14H,9H2,(H3,20,22,23,24). The molecule has 3 N–H and O–H groups in total. The molecule has 3 aromatic rings. The third kappa shape index (κ3) is 4.01. The highest BCUT2D eigenvalue weighted by atomic mass is 79.9. The van der Waals surface area contributed by atoms with E-state index in [4.69, 9.17) is 17.3 Å². The number of anilines is 2. The van der Waals surface area contributed by atoms with Crippen LogP contribution in [0.15, 0.2) is 59.5 Å². The van der Waals surface area contributed by atoms with E-state index < -0.39 is 0 Å². The molecule has 122 valence electrons. The summed E-state index contributed by atoms with van der Waals surface area (Å²) in [6, 6.07) is 13.9. The lowest BCUT2D eigenvalue weighted by atomic mass is 10.0. The normalized spacial score (nSPS) is 11.9. The van der Waals surface area contributed by atoms with Gasteiger partial charge >= 0.3 is 0 Å². The average molecular weight is 405 g/mol. The number of nitrogen functional groups attached to an aromatic ring is 1. The van der Waals surface area contributed by atoms with Gasteiger partial charge in [0.1, 0.15) is 17.2 Å². The third-order valence-corrected chi connectivity index (χ3v) is 4.44. The number of nitrogens with two attached hydrogens (primary N) is 1. The van der Waals surface area contributed by atoms with Gasteiger partial charge in [-0.1, -0.05) is 45.7 Å². The second-order valence-corrected chi connectivity index (χ2v) is 6.49. The molecule has 0 radical (unpaired) electrons. The zero-order valence-electron chi connectivity index (χ0n) is 12.7. The first kappa shape index (κ1) is 16.7. The maximum atomic E-state index is 6.22. The molecular weight excluding hydrogens is 390 g/mol. The van der Waals surface area contributed by atoms with Crippen molar-refractivity contribution in [3.8, 4) is 0 Å². The number of rotatable bonds is 5. The molecule has 7 heteroatoms. The van der Waals surface area contributed by atoms with E-state index in [1.54, 1.807) is 6.20 Å². The van der Waals surface area contributed by atoms with Crippen LogP contribution in [0.5, 0.6) is 0 Å². The van der Waals surface area contributed by atoms with Crippen LogP contribution in [-0.2, 0) is 6.42 Å². The maximum Gasteiger partial charge on any atom is 0.150 e. The van der Waals surface area contributed by atoms with Crippen LogP contribution in [0.3, 0.4) is 0 Å². The summed E-state index contributed by atoms with van der Waals surface area (Å²) in [4.78, 5) is 12.5. The molecule has 0 fully saturated rings. The highest BCUT2D eigenvalue weighted by Crippen LogP contribution is 2.29. The van der Waals surface area contributed by atoms with Crippen LogP contribution >= 0.6 is 27.5 Å². The summed E-state index contributed by atoms with van der Waals surface area (Å²) in [7, 11) is 0. The Hall–Kier alpha value is -2.18. The third-order valence-electron chi connectivity index (χ3n) is 3.54. The first-order chi connectivity index (χ1) is 11.6. The number of aromatic nitrogens is 3. The number of halogens is 2. The van der Waals surface area contributed by atoms with Crippen LogP contribution in [0.2, 0.25) is 5.02 Å². The summed E-state index contributed by atoms with van der Waals surface area (Å²) < 4.78 is 1.02. The van der Waals surface area contributed by atoms with Crippen LogP contribution in [0, 0.1) is 0 Å². The predicted molar refractivity (Wildman–Crippen MR) is 99.9 cm³/mol. The Bertz CT molecular complexity index is 811. The van der Waals surface area contributed by atoms with Gasteiger partial charge in [0.05, 0.1) is 6.04 Å². The molecule has 24 heavy (non-hydrogen) atoms. The second kappa shape index (κ2) is 7.59. The van der Waals surface area contributed by atoms with Crippen molar-refractivity contribution in [2.24, 2.45) is 0 Å². The fraction of sp³-hybridized carbons (Fsp3) is 0.118. The van der Waals surface area contributed by atoms with Crippen molar-refractivity contribution in [3.63, 3.8) is 0 Å². The van der Waals surface area contributed by atoms with Gasteiger partial charge in [0.2, 0.25) is 0 Å². The summed E-state index contributed by atoms with van der Waals surface area (Å²) >= 11 is 9.68. The first-order valence-electron chi connectivity index (χ1n) is 7.31. The Morgan fingerprint density at radius 2 is 1.88 bits per heavy atom. The van der Waals surface area contributed by atoms with Crippen LogP contribution in [-0.4, -0.2) is 15.0 Å². The van der Waals surface area contributed by atoms with Crippen molar-refractivity contribution >= 4 is 39.2 Å². The molecule has 0 spiro atoms. The quantitative estimate of drug-likeness (QED) is 0.664. The molecule has 0 aliphatic heterocycles. The molecule has 0 aliphatic rings. The maximum absolute atomic E-state index is 6.22. The topological polar surface area (TPSA) is 76.7 Å². The van der Waals surface area contributed by atoms with Crippen molar-refractivity contribution in [2.45, 2.75) is 12.5 Å². The average Bonchev–Trinajstić information content (AvgIpc) is 2.60. The SMILES string of the molecule is Nc1ncnc(NC(Cc2ccccn2)c2ccc(Br)cc2)c1Cl. The van der Waals surface area contributed by atoms with Crippen LogP contribution in [0.4, 0.5) is 11.6 Å². The molecule has 0 saturated carbocycles. The van der Waals surface area contributed by atoms with Crippen LogP contribution in [0.1, 0.15) is 17.3 Å². The number of nitrogens with zero attached hydrogens (tertiary/aromatic N) is 3. The Morgan fingerprint density at radius 3 is 2.58 bits per heavy atom. The van der Waals surface area contributed by atoms with Gasteiger partial charge < -0.3 is 11.1 Å². The molecule has 5 nitrogen and oxygen atoms in total. The number of hydrogen-bond donors (Lipinski definition) is 2. The fourth-order valence-corrected chi connectivity index (χ4v) is 2.74. The molecule has 0 bridgehead atoms. The van der Waals surface area contributed by atoms with Crippen LogP contribution in [0.25, 0.3) is 0 Å². The van der Waals surface area contributed by atoms with Crippen molar-refractivity contribution < 1.29 is 0 Å². The molecule has 1 unspecified atom stereocenters. The van der Waals surface area contributed by atoms with E-state index in [0.717, 1.165) is 15.7 Å². The largest absolute Gasteiger partial charge is 0.382 e. The van der Waals surface area contributed by atoms with E-state index in [2.05, 4.69) is 36.2 Å². The Morgan fingerprint density at radius 1 is 1.08 bits per heavy atom. The van der Waals surface area contributed by atoms with E-state index in [9.17, 15) is 0 Å². The lowest BCUT2D eigenvalue weighted by Crippen LogP contribution is -2.16. The summed E-state index contributed by atoms with van der Waals surface area (Å²) in [6.07, 6.45) is 3.86. The van der Waals surface area contributed by atoms with Gasteiger partial charge in [0.25, 0.3) is 0 Å². The molecule has 2 heterocycles. The molecule has 0 aliphatic carbocycles. The lowest BCUT2D eigenvalue weighted by molar-refractivity contribution is 0.750. The molecule has 1 aromatic carbocycles. The Balaban J connectivity index is 1.92. The van der Waals surface area contributed by atoms with Gasteiger partial charge in [-0.05, 0) is 29.8 Å². The number of benzene rings is 1.